The Kier molecular flexibility index (Phi) is 9.71. The lowest BCUT2D eigenvalue weighted by Crippen LogP contribution is -2.57. The molecule has 0 radical (unpaired) electrons. The monoisotopic (exact) mass is 479 g/mol. The number of nitrogens with zero attached hydrogens (tertiary/aromatic N) is 2. The fourth-order valence-electron chi connectivity index (χ4n) is 3.58. The molecule has 1 unspecified atom stereocenters. The summed E-state index contributed by atoms with van der Waals surface area (Å²) < 4.78 is 0. The highest BCUT2D eigenvalue weighted by molar-refractivity contribution is 7.10. The Labute approximate surface area is 198 Å². The Balaban J connectivity index is 2.27. The van der Waals surface area contributed by atoms with Gasteiger partial charge < -0.3 is 15.3 Å². The van der Waals surface area contributed by atoms with Gasteiger partial charge >= 0.3 is 6.09 Å². The van der Waals surface area contributed by atoms with Gasteiger partial charge in [0.1, 0.15) is 6.04 Å². The molecule has 2 rings (SSSR count). The molecule has 7 nitrogen and oxygen atoms in total. The van der Waals surface area contributed by atoms with Gasteiger partial charge in [-0.25, -0.2) is 4.79 Å². The summed E-state index contributed by atoms with van der Waals surface area (Å²) in [4.78, 5) is 42.3. The van der Waals surface area contributed by atoms with Crippen LogP contribution in [0.5, 0.6) is 0 Å². The Bertz CT molecular complexity index is 824. The van der Waals surface area contributed by atoms with Gasteiger partial charge in [-0.15, -0.1) is 22.7 Å². The molecule has 0 aliphatic rings. The molecule has 2 heterocycles. The van der Waals surface area contributed by atoms with Crippen LogP contribution in [0.25, 0.3) is 0 Å². The second-order valence-corrected chi connectivity index (χ2v) is 10.7. The van der Waals surface area contributed by atoms with Gasteiger partial charge in [0.15, 0.2) is 0 Å². The lowest BCUT2D eigenvalue weighted by Gasteiger charge is -2.40. The van der Waals surface area contributed by atoms with Crippen LogP contribution in [-0.4, -0.2) is 50.9 Å². The molecule has 0 aliphatic heterocycles. The number of unbranched alkanes of at least 4 members (excludes halogenated alkanes) is 1. The van der Waals surface area contributed by atoms with E-state index in [4.69, 9.17) is 0 Å². The molecular formula is C23H33N3O4S2. The Morgan fingerprint density at radius 3 is 2.00 bits per heavy atom. The second kappa shape index (κ2) is 12.0. The second-order valence-electron chi connectivity index (χ2n) is 8.67. The summed E-state index contributed by atoms with van der Waals surface area (Å²) in [6.45, 7) is 8.27. The van der Waals surface area contributed by atoms with E-state index in [9.17, 15) is 19.5 Å². The van der Waals surface area contributed by atoms with E-state index in [0.29, 0.717) is 38.9 Å². The lowest BCUT2D eigenvalue weighted by atomic mass is 9.98. The summed E-state index contributed by atoms with van der Waals surface area (Å²) in [5, 5.41) is 16.7. The van der Waals surface area contributed by atoms with Crippen LogP contribution in [-0.2, 0) is 22.7 Å². The Hall–Kier alpha value is -2.39. The van der Waals surface area contributed by atoms with E-state index in [-0.39, 0.29) is 11.8 Å². The van der Waals surface area contributed by atoms with Crippen molar-refractivity contribution >= 4 is 40.6 Å². The minimum absolute atomic E-state index is 0.0995. The van der Waals surface area contributed by atoms with E-state index in [0.717, 1.165) is 9.75 Å². The first kappa shape index (κ1) is 25.9. The quantitative estimate of drug-likeness (QED) is 0.453. The first-order valence-corrected chi connectivity index (χ1v) is 12.5. The van der Waals surface area contributed by atoms with Gasteiger partial charge in [0.05, 0.1) is 13.1 Å². The molecule has 0 saturated heterocycles. The summed E-state index contributed by atoms with van der Waals surface area (Å²) in [6.07, 6.45) is 0.594. The maximum atomic E-state index is 13.8. The number of amides is 3. The van der Waals surface area contributed by atoms with Crippen LogP contribution in [0.1, 0.15) is 56.7 Å². The van der Waals surface area contributed by atoms with Gasteiger partial charge in [0.25, 0.3) is 0 Å². The van der Waals surface area contributed by atoms with E-state index in [1.54, 1.807) is 27.6 Å². The van der Waals surface area contributed by atoms with E-state index >= 15 is 0 Å². The molecule has 0 spiro atoms. The van der Waals surface area contributed by atoms with Crippen molar-refractivity contribution in [3.8, 4) is 0 Å². The molecule has 0 fully saturated rings. The summed E-state index contributed by atoms with van der Waals surface area (Å²) in [7, 11) is 0. The van der Waals surface area contributed by atoms with Crippen molar-refractivity contribution in [2.45, 2.75) is 71.6 Å². The maximum Gasteiger partial charge on any atom is 0.408 e. The van der Waals surface area contributed by atoms with E-state index in [2.05, 4.69) is 5.32 Å². The number of carboxylic acid groups (broad SMARTS) is 1. The Morgan fingerprint density at radius 1 is 1.03 bits per heavy atom. The van der Waals surface area contributed by atoms with Gasteiger partial charge in [0.2, 0.25) is 11.8 Å². The average molecular weight is 480 g/mol. The molecule has 2 aromatic rings. The zero-order valence-corrected chi connectivity index (χ0v) is 20.8. The van der Waals surface area contributed by atoms with Crippen LogP contribution in [0.2, 0.25) is 0 Å². The van der Waals surface area contributed by atoms with Crippen molar-refractivity contribution in [3.05, 3.63) is 44.8 Å². The third-order valence-electron chi connectivity index (χ3n) is 4.97. The van der Waals surface area contributed by atoms with Gasteiger partial charge in [-0.1, -0.05) is 12.1 Å². The molecule has 0 aliphatic carbocycles. The minimum atomic E-state index is -1.11. The standard InChI is InChI=1S/C23H33N3O4S2/c1-17(27)24-12-6-5-11-20(26(22(29)30)23(2,3)4)21(28)25(15-18-9-7-13-31-18)16-19-10-8-14-32-19/h7-10,13-14,20H,5-6,11-12,15-16H2,1-4H3,(H,24,27)(H,29,30). The van der Waals surface area contributed by atoms with E-state index in [1.165, 1.54) is 11.8 Å². The molecule has 3 amide bonds. The number of hydrogen-bond acceptors (Lipinski definition) is 5. The largest absolute Gasteiger partial charge is 0.465 e. The highest BCUT2D eigenvalue weighted by Crippen LogP contribution is 2.25. The van der Waals surface area contributed by atoms with Crippen LogP contribution in [0.4, 0.5) is 4.79 Å². The summed E-state index contributed by atoms with van der Waals surface area (Å²) in [6, 6.07) is 7.07. The third kappa shape index (κ3) is 7.94. The molecule has 0 bridgehead atoms. The van der Waals surface area contributed by atoms with E-state index < -0.39 is 17.7 Å². The zero-order valence-electron chi connectivity index (χ0n) is 19.2. The van der Waals surface area contributed by atoms with Crippen LogP contribution < -0.4 is 5.32 Å². The third-order valence-corrected chi connectivity index (χ3v) is 6.69. The SMILES string of the molecule is CC(=O)NCCCCC(C(=O)N(Cc1cccs1)Cc1cccs1)N(C(=O)O)C(C)(C)C. The lowest BCUT2D eigenvalue weighted by molar-refractivity contribution is -0.139. The predicted molar refractivity (Wildman–Crippen MR) is 129 cm³/mol. The smallest absolute Gasteiger partial charge is 0.408 e. The van der Waals surface area contributed by atoms with Gasteiger partial charge in [-0.3, -0.25) is 14.5 Å². The van der Waals surface area contributed by atoms with Crippen LogP contribution in [0, 0.1) is 0 Å². The molecule has 176 valence electrons. The number of hydrogen-bond donors (Lipinski definition) is 2. The molecule has 0 saturated carbocycles. The number of nitrogens with one attached hydrogen (secondary N) is 1. The average Bonchev–Trinajstić information content (AvgIpc) is 3.38. The fraction of sp³-hybridized carbons (Fsp3) is 0.522. The van der Waals surface area contributed by atoms with Gasteiger partial charge in [-0.05, 0) is 62.9 Å². The number of carbonyl (C=O) groups is 3. The van der Waals surface area contributed by atoms with E-state index in [1.807, 2.05) is 55.8 Å². The van der Waals surface area contributed by atoms with Crippen molar-refractivity contribution in [1.82, 2.24) is 15.1 Å². The van der Waals surface area contributed by atoms with Gasteiger partial charge in [0, 0.05) is 28.8 Å². The molecule has 0 aromatic carbocycles. The number of carbonyl (C=O) groups excluding carboxylic acids is 2. The van der Waals surface area contributed by atoms with Crippen molar-refractivity contribution in [2.24, 2.45) is 0 Å². The maximum absolute atomic E-state index is 13.8. The molecular weight excluding hydrogens is 446 g/mol. The van der Waals surface area contributed by atoms with Crippen molar-refractivity contribution in [1.29, 1.82) is 0 Å². The summed E-state index contributed by atoms with van der Waals surface area (Å²) >= 11 is 3.16. The molecule has 2 aromatic heterocycles. The summed E-state index contributed by atoms with van der Waals surface area (Å²) in [5.74, 6) is -0.291. The molecule has 9 heteroatoms. The zero-order chi connectivity index (χ0) is 23.7. The highest BCUT2D eigenvalue weighted by atomic mass is 32.1. The van der Waals surface area contributed by atoms with Crippen LogP contribution in [0.3, 0.4) is 0 Å². The molecule has 2 N–H and O–H groups in total. The van der Waals surface area contributed by atoms with Crippen LogP contribution in [0.15, 0.2) is 35.0 Å². The van der Waals surface area contributed by atoms with Gasteiger partial charge in [-0.2, -0.15) is 0 Å². The summed E-state index contributed by atoms with van der Waals surface area (Å²) in [5.41, 5.74) is -0.735. The van der Waals surface area contributed by atoms with Crippen molar-refractivity contribution in [3.63, 3.8) is 0 Å². The topological polar surface area (TPSA) is 90.0 Å². The molecule has 32 heavy (non-hydrogen) atoms. The normalized spacial score (nSPS) is 12.2. The molecule has 1 atom stereocenters. The number of rotatable bonds is 11. The predicted octanol–water partition coefficient (Wildman–Crippen LogP) is 4.79. The fourth-order valence-corrected chi connectivity index (χ4v) is 5.02. The van der Waals surface area contributed by atoms with Crippen molar-refractivity contribution < 1.29 is 19.5 Å². The van der Waals surface area contributed by atoms with Crippen LogP contribution >= 0.6 is 22.7 Å². The Morgan fingerprint density at radius 2 is 1.59 bits per heavy atom. The highest BCUT2D eigenvalue weighted by Gasteiger charge is 2.39. The number of thiophene rings is 2. The van der Waals surface area contributed by atoms with Crippen molar-refractivity contribution in [2.75, 3.05) is 6.54 Å². The minimum Gasteiger partial charge on any atom is -0.465 e. The first-order valence-electron chi connectivity index (χ1n) is 10.7. The first-order chi connectivity index (χ1) is 15.1.